The molecule has 6 heteroatoms. The third-order valence-corrected chi connectivity index (χ3v) is 5.70. The van der Waals surface area contributed by atoms with E-state index in [1.165, 1.54) is 0 Å². The van der Waals surface area contributed by atoms with E-state index in [-0.39, 0.29) is 11.3 Å². The number of nitrogens with one attached hydrogen (secondary N) is 1. The number of aliphatic hydroxyl groups is 2. The second kappa shape index (κ2) is 5.72. The summed E-state index contributed by atoms with van der Waals surface area (Å²) >= 11 is 0. The fraction of sp³-hybridized carbons (Fsp3) is 0.444. The Kier molecular flexibility index (Phi) is 3.66. The Bertz CT molecular complexity index is 708. The number of amides is 1. The van der Waals surface area contributed by atoms with Gasteiger partial charge in [-0.05, 0) is 36.6 Å². The highest BCUT2D eigenvalue weighted by Crippen LogP contribution is 2.49. The van der Waals surface area contributed by atoms with Gasteiger partial charge in [-0.15, -0.1) is 0 Å². The zero-order chi connectivity index (χ0) is 16.7. The molecule has 1 saturated heterocycles. The first-order valence-corrected chi connectivity index (χ1v) is 8.35. The van der Waals surface area contributed by atoms with Crippen LogP contribution in [0.2, 0.25) is 0 Å². The van der Waals surface area contributed by atoms with E-state index in [1.807, 2.05) is 35.2 Å². The van der Waals surface area contributed by atoms with Crippen molar-refractivity contribution in [3.05, 3.63) is 42.1 Å². The second-order valence-electron chi connectivity index (χ2n) is 6.84. The van der Waals surface area contributed by atoms with Crippen LogP contribution < -0.4 is 0 Å². The number of likely N-dealkylation sites (tertiary alicyclic amines) is 1. The molecular weight excluding hydrogens is 306 g/mol. The Balaban J connectivity index is 1.43. The SMILES string of the molecule is O=C(c1ccc(-c2ccn[nH]2)cc1)N1CCC2(CC1)[C@H](O)C[C@@H]2O. The van der Waals surface area contributed by atoms with Crippen LogP contribution in [0.3, 0.4) is 0 Å². The number of aromatic amines is 1. The van der Waals surface area contributed by atoms with E-state index in [0.29, 0.717) is 37.9 Å². The van der Waals surface area contributed by atoms with Crippen LogP contribution >= 0.6 is 0 Å². The molecule has 2 aliphatic rings. The summed E-state index contributed by atoms with van der Waals surface area (Å²) in [5.41, 5.74) is 2.18. The molecule has 0 unspecified atom stereocenters. The summed E-state index contributed by atoms with van der Waals surface area (Å²) in [5.74, 6) is 0.00399. The molecule has 2 heterocycles. The van der Waals surface area contributed by atoms with Gasteiger partial charge in [0.1, 0.15) is 0 Å². The fourth-order valence-corrected chi connectivity index (χ4v) is 3.93. The Hall–Kier alpha value is -2.18. The Morgan fingerprint density at radius 2 is 1.79 bits per heavy atom. The van der Waals surface area contributed by atoms with Gasteiger partial charge < -0.3 is 15.1 Å². The highest BCUT2D eigenvalue weighted by molar-refractivity contribution is 5.94. The average molecular weight is 327 g/mol. The Morgan fingerprint density at radius 1 is 1.12 bits per heavy atom. The maximum Gasteiger partial charge on any atom is 0.253 e. The summed E-state index contributed by atoms with van der Waals surface area (Å²) in [4.78, 5) is 14.5. The van der Waals surface area contributed by atoms with Crippen molar-refractivity contribution in [3.63, 3.8) is 0 Å². The normalized spacial score (nSPS) is 25.5. The van der Waals surface area contributed by atoms with Crippen molar-refractivity contribution in [2.75, 3.05) is 13.1 Å². The number of rotatable bonds is 2. The molecule has 0 bridgehead atoms. The van der Waals surface area contributed by atoms with Crippen molar-refractivity contribution in [1.29, 1.82) is 0 Å². The molecule has 3 N–H and O–H groups in total. The number of carbonyl (C=O) groups excluding carboxylic acids is 1. The number of benzene rings is 1. The standard InChI is InChI=1S/C18H21N3O3/c22-15-11-16(23)18(15)6-9-21(10-7-18)17(24)13-3-1-12(2-4-13)14-5-8-19-20-14/h1-5,8,15-16,22-23H,6-7,9-11H2,(H,19,20)/t15-,16+. The summed E-state index contributed by atoms with van der Waals surface area (Å²) in [6, 6.07) is 9.36. The van der Waals surface area contributed by atoms with Gasteiger partial charge in [-0.3, -0.25) is 9.89 Å². The maximum absolute atomic E-state index is 12.7. The van der Waals surface area contributed by atoms with Crippen molar-refractivity contribution in [3.8, 4) is 11.3 Å². The van der Waals surface area contributed by atoms with Gasteiger partial charge in [-0.1, -0.05) is 12.1 Å². The van der Waals surface area contributed by atoms with Crippen molar-refractivity contribution < 1.29 is 15.0 Å². The molecule has 1 amide bonds. The summed E-state index contributed by atoms with van der Waals surface area (Å²) in [6.45, 7) is 1.16. The van der Waals surface area contributed by atoms with E-state index in [2.05, 4.69) is 10.2 Å². The van der Waals surface area contributed by atoms with Crippen LogP contribution in [0.15, 0.2) is 36.5 Å². The van der Waals surface area contributed by atoms with Crippen molar-refractivity contribution in [2.24, 2.45) is 5.41 Å². The van der Waals surface area contributed by atoms with Crippen molar-refractivity contribution in [2.45, 2.75) is 31.5 Å². The van der Waals surface area contributed by atoms with Crippen molar-refractivity contribution >= 4 is 5.91 Å². The predicted octanol–water partition coefficient (Wildman–Crippen LogP) is 1.42. The highest BCUT2D eigenvalue weighted by Gasteiger charge is 2.55. The van der Waals surface area contributed by atoms with E-state index in [9.17, 15) is 15.0 Å². The quantitative estimate of drug-likeness (QED) is 0.778. The van der Waals surface area contributed by atoms with Gasteiger partial charge >= 0.3 is 0 Å². The van der Waals surface area contributed by atoms with E-state index >= 15 is 0 Å². The smallest absolute Gasteiger partial charge is 0.253 e. The Morgan fingerprint density at radius 3 is 2.33 bits per heavy atom. The first kappa shape index (κ1) is 15.4. The number of hydrogen-bond donors (Lipinski definition) is 3. The molecule has 0 radical (unpaired) electrons. The number of piperidine rings is 1. The largest absolute Gasteiger partial charge is 0.392 e. The predicted molar refractivity (Wildman–Crippen MR) is 88.2 cm³/mol. The number of H-pyrrole nitrogens is 1. The van der Waals surface area contributed by atoms with Crippen LogP contribution in [0, 0.1) is 5.41 Å². The first-order chi connectivity index (χ1) is 11.6. The third kappa shape index (κ3) is 2.34. The molecule has 126 valence electrons. The minimum atomic E-state index is -0.432. The number of aromatic nitrogens is 2. The number of hydrogen-bond acceptors (Lipinski definition) is 4. The lowest BCUT2D eigenvalue weighted by molar-refractivity contribution is -0.187. The van der Waals surface area contributed by atoms with E-state index in [0.717, 1.165) is 11.3 Å². The molecular formula is C18H21N3O3. The lowest BCUT2D eigenvalue weighted by Gasteiger charge is -2.55. The van der Waals surface area contributed by atoms with Crippen molar-refractivity contribution in [1.82, 2.24) is 15.1 Å². The second-order valence-corrected chi connectivity index (χ2v) is 6.84. The molecule has 1 aliphatic carbocycles. The molecule has 1 aromatic heterocycles. The van der Waals surface area contributed by atoms with E-state index in [1.54, 1.807) is 6.20 Å². The summed E-state index contributed by atoms with van der Waals surface area (Å²) < 4.78 is 0. The van der Waals surface area contributed by atoms with E-state index in [4.69, 9.17) is 0 Å². The molecule has 24 heavy (non-hydrogen) atoms. The van der Waals surface area contributed by atoms with E-state index < -0.39 is 12.2 Å². The van der Waals surface area contributed by atoms with Crippen LogP contribution in [-0.2, 0) is 0 Å². The van der Waals surface area contributed by atoms with Crippen LogP contribution in [0.5, 0.6) is 0 Å². The van der Waals surface area contributed by atoms with Crippen LogP contribution in [0.4, 0.5) is 0 Å². The van der Waals surface area contributed by atoms with Gasteiger partial charge in [0.05, 0.1) is 17.9 Å². The zero-order valence-corrected chi connectivity index (χ0v) is 13.4. The lowest BCUT2D eigenvalue weighted by atomic mass is 9.58. The molecule has 2 aromatic rings. The van der Waals surface area contributed by atoms with Gasteiger partial charge in [0.25, 0.3) is 5.91 Å². The summed E-state index contributed by atoms with van der Waals surface area (Å²) in [7, 11) is 0. The van der Waals surface area contributed by atoms with Gasteiger partial charge in [0, 0.05) is 36.7 Å². The Labute approximate surface area is 140 Å². The minimum Gasteiger partial charge on any atom is -0.392 e. The third-order valence-electron chi connectivity index (χ3n) is 5.70. The average Bonchev–Trinajstić information content (AvgIpc) is 3.16. The van der Waals surface area contributed by atoms with Gasteiger partial charge in [-0.25, -0.2) is 0 Å². The first-order valence-electron chi connectivity index (χ1n) is 8.35. The van der Waals surface area contributed by atoms with Gasteiger partial charge in [0.2, 0.25) is 0 Å². The molecule has 2 atom stereocenters. The lowest BCUT2D eigenvalue weighted by Crippen LogP contribution is -2.61. The van der Waals surface area contributed by atoms with Crippen LogP contribution in [0.1, 0.15) is 29.6 Å². The number of nitrogens with zero attached hydrogens (tertiary/aromatic N) is 2. The molecule has 1 aliphatic heterocycles. The number of carbonyl (C=O) groups is 1. The van der Waals surface area contributed by atoms with Crippen LogP contribution in [0.25, 0.3) is 11.3 Å². The minimum absolute atomic E-state index is 0.00399. The molecule has 1 spiro atoms. The molecule has 1 saturated carbocycles. The molecule has 1 aromatic carbocycles. The zero-order valence-electron chi connectivity index (χ0n) is 13.4. The van der Waals surface area contributed by atoms with Gasteiger partial charge in [-0.2, -0.15) is 5.10 Å². The van der Waals surface area contributed by atoms with Gasteiger partial charge in [0.15, 0.2) is 0 Å². The topological polar surface area (TPSA) is 89.5 Å². The molecule has 2 fully saturated rings. The maximum atomic E-state index is 12.7. The monoisotopic (exact) mass is 327 g/mol. The fourth-order valence-electron chi connectivity index (χ4n) is 3.93. The summed E-state index contributed by atoms with van der Waals surface area (Å²) in [5, 5.41) is 26.8. The van der Waals surface area contributed by atoms with Crippen LogP contribution in [-0.4, -0.2) is 56.5 Å². The number of aliphatic hydroxyl groups excluding tert-OH is 2. The summed E-state index contributed by atoms with van der Waals surface area (Å²) in [6.07, 6.45) is 2.61. The molecule has 4 rings (SSSR count). The molecule has 6 nitrogen and oxygen atoms in total. The highest BCUT2D eigenvalue weighted by atomic mass is 16.3.